The number of benzene rings is 1. The Hall–Kier alpha value is -2.29. The molecule has 1 aromatic carbocycles. The highest BCUT2D eigenvalue weighted by Gasteiger charge is 2.20. The van der Waals surface area contributed by atoms with Crippen LogP contribution in [0.25, 0.3) is 11.4 Å². The molecule has 0 N–H and O–H groups in total. The van der Waals surface area contributed by atoms with Crippen molar-refractivity contribution in [3.63, 3.8) is 0 Å². The minimum Gasteiger partial charge on any atom is -0.381 e. The number of carbonyl (C=O) groups is 1. The van der Waals surface area contributed by atoms with Crippen LogP contribution in [0, 0.1) is 0 Å². The van der Waals surface area contributed by atoms with Crippen LogP contribution in [0.4, 0.5) is 0 Å². The number of rotatable bonds is 9. The number of piperazine rings is 1. The molecule has 8 nitrogen and oxygen atoms in total. The Morgan fingerprint density at radius 2 is 1.93 bits per heavy atom. The quantitative estimate of drug-likeness (QED) is 0.607. The van der Waals surface area contributed by atoms with Crippen LogP contribution >= 0.6 is 0 Å². The molecule has 0 unspecified atom stereocenters. The highest BCUT2D eigenvalue weighted by atomic mass is 16.5. The molecular formula is C20H28N4O4. The molecule has 2 aromatic rings. The zero-order valence-electron chi connectivity index (χ0n) is 16.6. The molecule has 0 saturated carbocycles. The van der Waals surface area contributed by atoms with Crippen molar-refractivity contribution in [1.29, 1.82) is 0 Å². The van der Waals surface area contributed by atoms with Crippen molar-refractivity contribution < 1.29 is 18.8 Å². The Bertz CT molecular complexity index is 739. The van der Waals surface area contributed by atoms with Gasteiger partial charge < -0.3 is 18.9 Å². The van der Waals surface area contributed by atoms with Crippen LogP contribution in [0.3, 0.4) is 0 Å². The van der Waals surface area contributed by atoms with E-state index in [1.54, 1.807) is 7.11 Å². The van der Waals surface area contributed by atoms with E-state index in [0.29, 0.717) is 38.0 Å². The number of carbonyl (C=O) groups excluding carboxylic acids is 1. The molecule has 152 valence electrons. The van der Waals surface area contributed by atoms with Crippen LogP contribution in [-0.2, 0) is 27.4 Å². The molecule has 1 fully saturated rings. The summed E-state index contributed by atoms with van der Waals surface area (Å²) in [6, 6.07) is 8.18. The largest absolute Gasteiger partial charge is 0.381 e. The second kappa shape index (κ2) is 10.3. The molecule has 2 heterocycles. The van der Waals surface area contributed by atoms with E-state index < -0.39 is 0 Å². The Kier molecular flexibility index (Phi) is 7.53. The minimum absolute atomic E-state index is 0.186. The first-order valence-corrected chi connectivity index (χ1v) is 9.68. The number of amides is 1. The monoisotopic (exact) mass is 388 g/mol. The Balaban J connectivity index is 1.46. The predicted octanol–water partition coefficient (Wildman–Crippen LogP) is 1.95. The normalized spacial score (nSPS) is 15.1. The molecule has 1 aromatic heterocycles. The molecule has 0 bridgehead atoms. The van der Waals surface area contributed by atoms with Gasteiger partial charge in [-0.3, -0.25) is 9.69 Å². The van der Waals surface area contributed by atoms with Crippen molar-refractivity contribution in [2.45, 2.75) is 26.5 Å². The molecule has 1 saturated heterocycles. The molecule has 8 heteroatoms. The van der Waals surface area contributed by atoms with E-state index in [4.69, 9.17) is 14.0 Å². The summed E-state index contributed by atoms with van der Waals surface area (Å²) < 4.78 is 15.4. The maximum Gasteiger partial charge on any atom is 0.252 e. The van der Waals surface area contributed by atoms with Crippen LogP contribution in [0.15, 0.2) is 28.8 Å². The average Bonchev–Trinajstić information content (AvgIpc) is 3.18. The molecule has 1 aliphatic heterocycles. The summed E-state index contributed by atoms with van der Waals surface area (Å²) in [4.78, 5) is 20.8. The molecule has 1 aliphatic rings. The van der Waals surface area contributed by atoms with Crippen LogP contribution in [0.1, 0.15) is 24.8 Å². The van der Waals surface area contributed by atoms with E-state index in [2.05, 4.69) is 27.2 Å². The highest BCUT2D eigenvalue weighted by Crippen LogP contribution is 2.18. The lowest BCUT2D eigenvalue weighted by atomic mass is 10.1. The van der Waals surface area contributed by atoms with Gasteiger partial charge in [0.25, 0.3) is 5.89 Å². The maximum atomic E-state index is 12.2. The second-order valence-corrected chi connectivity index (χ2v) is 6.75. The summed E-state index contributed by atoms with van der Waals surface area (Å²) >= 11 is 0. The van der Waals surface area contributed by atoms with Gasteiger partial charge in [0.15, 0.2) is 0 Å². The zero-order valence-corrected chi connectivity index (χ0v) is 16.6. The predicted molar refractivity (Wildman–Crippen MR) is 103 cm³/mol. The van der Waals surface area contributed by atoms with E-state index in [1.807, 2.05) is 24.0 Å². The highest BCUT2D eigenvalue weighted by molar-refractivity contribution is 5.76. The lowest BCUT2D eigenvalue weighted by Crippen LogP contribution is -2.48. The first-order valence-electron chi connectivity index (χ1n) is 9.68. The number of ether oxygens (including phenoxy) is 2. The topological polar surface area (TPSA) is 80.9 Å². The van der Waals surface area contributed by atoms with Crippen LogP contribution in [0.5, 0.6) is 0 Å². The molecule has 0 spiro atoms. The Morgan fingerprint density at radius 1 is 1.18 bits per heavy atom. The van der Waals surface area contributed by atoms with E-state index in [-0.39, 0.29) is 5.91 Å². The fourth-order valence-corrected chi connectivity index (χ4v) is 3.19. The zero-order chi connectivity index (χ0) is 19.8. The van der Waals surface area contributed by atoms with Crippen molar-refractivity contribution in [3.05, 3.63) is 35.7 Å². The summed E-state index contributed by atoms with van der Waals surface area (Å²) in [7, 11) is 1.59. The summed E-state index contributed by atoms with van der Waals surface area (Å²) in [5.41, 5.74) is 2.14. The molecule has 0 atom stereocenters. The van der Waals surface area contributed by atoms with Crippen LogP contribution < -0.4 is 0 Å². The number of hydrogen-bond donors (Lipinski definition) is 0. The minimum atomic E-state index is 0.186. The molecule has 1 amide bonds. The SMILES string of the molecule is CCOCCC(=O)N1CCN(Cc2ccc(-c3noc(COC)n3)cc2)CC1. The van der Waals surface area contributed by atoms with Gasteiger partial charge in [0.1, 0.15) is 6.61 Å². The summed E-state index contributed by atoms with van der Waals surface area (Å²) in [5, 5.41) is 3.98. The molecule has 0 aliphatic carbocycles. The second-order valence-electron chi connectivity index (χ2n) is 6.75. The molecule has 3 rings (SSSR count). The lowest BCUT2D eigenvalue weighted by Gasteiger charge is -2.34. The number of nitrogens with zero attached hydrogens (tertiary/aromatic N) is 4. The van der Waals surface area contributed by atoms with Gasteiger partial charge in [0.2, 0.25) is 11.7 Å². The first kappa shape index (κ1) is 20.4. The van der Waals surface area contributed by atoms with Crippen LogP contribution in [0.2, 0.25) is 0 Å². The van der Waals surface area contributed by atoms with Crippen molar-refractivity contribution in [2.24, 2.45) is 0 Å². The third kappa shape index (κ3) is 5.60. The van der Waals surface area contributed by atoms with E-state index >= 15 is 0 Å². The molecule has 0 radical (unpaired) electrons. The number of hydrogen-bond acceptors (Lipinski definition) is 7. The summed E-state index contributed by atoms with van der Waals surface area (Å²) in [6.45, 7) is 7.59. The third-order valence-corrected chi connectivity index (χ3v) is 4.74. The lowest BCUT2D eigenvalue weighted by molar-refractivity contribution is -0.134. The number of methoxy groups -OCH3 is 1. The fourth-order valence-electron chi connectivity index (χ4n) is 3.19. The van der Waals surface area contributed by atoms with Gasteiger partial charge in [-0.15, -0.1) is 0 Å². The van der Waals surface area contributed by atoms with E-state index in [9.17, 15) is 4.79 Å². The van der Waals surface area contributed by atoms with Crippen molar-refractivity contribution in [1.82, 2.24) is 19.9 Å². The Labute approximate surface area is 165 Å². The fraction of sp³-hybridized carbons (Fsp3) is 0.550. The van der Waals surface area contributed by atoms with E-state index in [1.165, 1.54) is 5.56 Å². The summed E-state index contributed by atoms with van der Waals surface area (Å²) in [5.74, 6) is 1.22. The average molecular weight is 388 g/mol. The molecule has 28 heavy (non-hydrogen) atoms. The smallest absolute Gasteiger partial charge is 0.252 e. The van der Waals surface area contributed by atoms with Gasteiger partial charge in [-0.25, -0.2) is 0 Å². The number of aromatic nitrogens is 2. The van der Waals surface area contributed by atoms with Crippen LogP contribution in [-0.4, -0.2) is 72.4 Å². The van der Waals surface area contributed by atoms with E-state index in [0.717, 1.165) is 38.3 Å². The summed E-state index contributed by atoms with van der Waals surface area (Å²) in [6.07, 6.45) is 0.470. The van der Waals surface area contributed by atoms with Crippen molar-refractivity contribution >= 4 is 5.91 Å². The first-order chi connectivity index (χ1) is 13.7. The maximum absolute atomic E-state index is 12.2. The molecular weight excluding hydrogens is 360 g/mol. The van der Waals surface area contributed by atoms with Crippen molar-refractivity contribution in [2.75, 3.05) is 46.5 Å². The van der Waals surface area contributed by atoms with Gasteiger partial charge in [-0.1, -0.05) is 29.4 Å². The van der Waals surface area contributed by atoms with Gasteiger partial charge in [0, 0.05) is 52.0 Å². The van der Waals surface area contributed by atoms with Crippen molar-refractivity contribution in [3.8, 4) is 11.4 Å². The third-order valence-electron chi connectivity index (χ3n) is 4.74. The van der Waals surface area contributed by atoms with Gasteiger partial charge in [-0.05, 0) is 12.5 Å². The van der Waals surface area contributed by atoms with Gasteiger partial charge >= 0.3 is 0 Å². The van der Waals surface area contributed by atoms with Gasteiger partial charge in [-0.2, -0.15) is 4.98 Å². The van der Waals surface area contributed by atoms with Gasteiger partial charge in [0.05, 0.1) is 13.0 Å². The standard InChI is InChI=1S/C20H28N4O4/c1-3-27-13-8-19(25)24-11-9-23(10-12-24)14-16-4-6-17(7-5-16)20-21-18(15-26-2)28-22-20/h4-7H,3,8-15H2,1-2H3. The Morgan fingerprint density at radius 3 is 2.61 bits per heavy atom.